The highest BCUT2D eigenvalue weighted by Gasteiger charge is 2.22. The van der Waals surface area contributed by atoms with Crippen molar-refractivity contribution in [1.82, 2.24) is 4.98 Å². The Morgan fingerprint density at radius 2 is 2.27 bits per heavy atom. The van der Waals surface area contributed by atoms with Gasteiger partial charge in [-0.1, -0.05) is 0 Å². The second-order valence-electron chi connectivity index (χ2n) is 2.64. The predicted octanol–water partition coefficient (Wildman–Crippen LogP) is 1.00. The summed E-state index contributed by atoms with van der Waals surface area (Å²) in [5, 5.41) is 19.1. The van der Waals surface area contributed by atoms with Gasteiger partial charge in [0.1, 0.15) is 11.5 Å². The number of aromatic nitrogens is 1. The lowest BCUT2D eigenvalue weighted by atomic mass is 10.2. The van der Waals surface area contributed by atoms with Gasteiger partial charge in [0.05, 0.1) is 17.1 Å². The van der Waals surface area contributed by atoms with Crippen LogP contribution < -0.4 is 5.73 Å². The number of halogens is 2. The van der Waals surface area contributed by atoms with Gasteiger partial charge < -0.3 is 10.8 Å². The standard InChI is InChI=1S/C7H7F2N3O3/c8-6(9)3-1-5(12(14)15)4(2-13)11-7(3)10/h1,6,13H,2H2,(H2,10,11). The van der Waals surface area contributed by atoms with Crippen molar-refractivity contribution in [2.24, 2.45) is 0 Å². The van der Waals surface area contributed by atoms with Gasteiger partial charge in [0.2, 0.25) is 0 Å². The van der Waals surface area contributed by atoms with E-state index in [4.69, 9.17) is 10.8 Å². The highest BCUT2D eigenvalue weighted by molar-refractivity contribution is 5.50. The number of hydrogen-bond donors (Lipinski definition) is 2. The van der Waals surface area contributed by atoms with E-state index in [1.165, 1.54) is 0 Å². The molecule has 1 aromatic heterocycles. The lowest BCUT2D eigenvalue weighted by Crippen LogP contribution is -2.05. The molecule has 0 spiro atoms. The minimum absolute atomic E-state index is 0.332. The van der Waals surface area contributed by atoms with E-state index in [1.54, 1.807) is 0 Å². The number of nitro groups is 1. The number of aliphatic hydroxyl groups is 1. The van der Waals surface area contributed by atoms with Gasteiger partial charge in [0.25, 0.3) is 12.1 Å². The number of alkyl halides is 2. The summed E-state index contributed by atoms with van der Waals surface area (Å²) >= 11 is 0. The molecule has 3 N–H and O–H groups in total. The van der Waals surface area contributed by atoms with E-state index in [1.807, 2.05) is 0 Å². The molecule has 8 heteroatoms. The van der Waals surface area contributed by atoms with E-state index >= 15 is 0 Å². The van der Waals surface area contributed by atoms with Crippen LogP contribution in [-0.2, 0) is 6.61 Å². The molecule has 1 rings (SSSR count). The number of hydrogen-bond acceptors (Lipinski definition) is 5. The van der Waals surface area contributed by atoms with Crippen molar-refractivity contribution in [2.75, 3.05) is 5.73 Å². The molecule has 1 aromatic rings. The summed E-state index contributed by atoms with van der Waals surface area (Å²) in [6.45, 7) is -0.732. The fraction of sp³-hybridized carbons (Fsp3) is 0.286. The van der Waals surface area contributed by atoms with Gasteiger partial charge in [-0.15, -0.1) is 0 Å². The van der Waals surface area contributed by atoms with Crippen LogP contribution in [0.4, 0.5) is 20.3 Å². The van der Waals surface area contributed by atoms with E-state index < -0.39 is 35.0 Å². The molecule has 0 saturated carbocycles. The Balaban J connectivity index is 3.37. The van der Waals surface area contributed by atoms with E-state index in [0.717, 1.165) is 0 Å². The van der Waals surface area contributed by atoms with Gasteiger partial charge in [-0.2, -0.15) is 0 Å². The van der Waals surface area contributed by atoms with Crippen molar-refractivity contribution in [3.8, 4) is 0 Å². The molecule has 0 saturated heterocycles. The molecule has 0 aliphatic heterocycles. The first-order chi connectivity index (χ1) is 6.97. The van der Waals surface area contributed by atoms with Crippen LogP contribution in [0.15, 0.2) is 6.07 Å². The molecule has 0 amide bonds. The molecule has 0 radical (unpaired) electrons. The molecule has 0 fully saturated rings. The lowest BCUT2D eigenvalue weighted by molar-refractivity contribution is -0.386. The van der Waals surface area contributed by atoms with Gasteiger partial charge in [-0.3, -0.25) is 10.1 Å². The zero-order valence-electron chi connectivity index (χ0n) is 7.35. The lowest BCUT2D eigenvalue weighted by Gasteiger charge is -2.05. The first kappa shape index (κ1) is 11.2. The molecule has 6 nitrogen and oxygen atoms in total. The molecular formula is C7H7F2N3O3. The molecule has 0 aromatic carbocycles. The molecule has 0 atom stereocenters. The summed E-state index contributed by atoms with van der Waals surface area (Å²) in [6.07, 6.45) is -2.94. The van der Waals surface area contributed by atoms with Crippen molar-refractivity contribution in [3.63, 3.8) is 0 Å². The van der Waals surface area contributed by atoms with E-state index in [2.05, 4.69) is 4.98 Å². The van der Waals surface area contributed by atoms with Gasteiger partial charge in [0, 0.05) is 6.07 Å². The van der Waals surface area contributed by atoms with Gasteiger partial charge in [0.15, 0.2) is 0 Å². The van der Waals surface area contributed by atoms with Crippen molar-refractivity contribution < 1.29 is 18.8 Å². The minimum Gasteiger partial charge on any atom is -0.390 e. The maximum Gasteiger partial charge on any atom is 0.293 e. The number of nitrogens with two attached hydrogens (primary N) is 1. The first-order valence-corrected chi connectivity index (χ1v) is 3.80. The summed E-state index contributed by atoms with van der Waals surface area (Å²) in [4.78, 5) is 12.9. The molecule has 0 unspecified atom stereocenters. The topological polar surface area (TPSA) is 102 Å². The molecule has 1 heterocycles. The SMILES string of the molecule is Nc1nc(CO)c([N+](=O)[O-])cc1C(F)F. The third-order valence-corrected chi connectivity index (χ3v) is 1.72. The Morgan fingerprint density at radius 1 is 1.67 bits per heavy atom. The zero-order valence-corrected chi connectivity index (χ0v) is 7.35. The van der Waals surface area contributed by atoms with Crippen LogP contribution in [0.1, 0.15) is 17.7 Å². The summed E-state index contributed by atoms with van der Waals surface area (Å²) < 4.78 is 24.6. The number of nitrogen functional groups attached to an aromatic ring is 1. The predicted molar refractivity (Wildman–Crippen MR) is 46.2 cm³/mol. The number of aliphatic hydroxyl groups excluding tert-OH is 1. The maximum atomic E-state index is 12.3. The zero-order chi connectivity index (χ0) is 11.6. The summed E-state index contributed by atoms with van der Waals surface area (Å²) in [5.41, 5.74) is 3.44. The van der Waals surface area contributed by atoms with Gasteiger partial charge >= 0.3 is 0 Å². The molecule has 15 heavy (non-hydrogen) atoms. The van der Waals surface area contributed by atoms with Crippen LogP contribution in [0.2, 0.25) is 0 Å². The van der Waals surface area contributed by atoms with Crippen LogP contribution in [0.5, 0.6) is 0 Å². The molecule has 0 aliphatic carbocycles. The largest absolute Gasteiger partial charge is 0.390 e. The highest BCUT2D eigenvalue weighted by atomic mass is 19.3. The number of anilines is 1. The number of nitrogens with zero attached hydrogens (tertiary/aromatic N) is 2. The van der Waals surface area contributed by atoms with Crippen molar-refractivity contribution in [2.45, 2.75) is 13.0 Å². The smallest absolute Gasteiger partial charge is 0.293 e. The fourth-order valence-corrected chi connectivity index (χ4v) is 1.02. The number of pyridine rings is 1. The molecular weight excluding hydrogens is 212 g/mol. The van der Waals surface area contributed by atoms with Crippen LogP contribution in [0.3, 0.4) is 0 Å². The van der Waals surface area contributed by atoms with Crippen molar-refractivity contribution in [1.29, 1.82) is 0 Å². The monoisotopic (exact) mass is 219 g/mol. The number of rotatable bonds is 3. The van der Waals surface area contributed by atoms with Crippen LogP contribution >= 0.6 is 0 Å². The fourth-order valence-electron chi connectivity index (χ4n) is 1.02. The quantitative estimate of drug-likeness (QED) is 0.583. The summed E-state index contributed by atoms with van der Waals surface area (Å²) in [5.74, 6) is -0.514. The second kappa shape index (κ2) is 4.13. The Morgan fingerprint density at radius 3 is 2.67 bits per heavy atom. The van der Waals surface area contributed by atoms with Crippen LogP contribution in [0.25, 0.3) is 0 Å². The third-order valence-electron chi connectivity index (χ3n) is 1.72. The van der Waals surface area contributed by atoms with Crippen molar-refractivity contribution in [3.05, 3.63) is 27.4 Å². The Bertz CT molecular complexity index is 397. The third kappa shape index (κ3) is 2.15. The highest BCUT2D eigenvalue weighted by Crippen LogP contribution is 2.29. The Labute approximate surface area is 82.5 Å². The van der Waals surface area contributed by atoms with Crippen molar-refractivity contribution >= 4 is 11.5 Å². The summed E-state index contributed by atoms with van der Waals surface area (Å²) in [6, 6.07) is 0.624. The normalized spacial score (nSPS) is 10.7. The minimum atomic E-state index is -2.94. The van der Waals surface area contributed by atoms with E-state index in [-0.39, 0.29) is 5.69 Å². The van der Waals surface area contributed by atoms with Crippen LogP contribution in [0, 0.1) is 10.1 Å². The first-order valence-electron chi connectivity index (χ1n) is 3.80. The Kier molecular flexibility index (Phi) is 3.10. The van der Waals surface area contributed by atoms with E-state index in [0.29, 0.717) is 6.07 Å². The molecule has 0 aliphatic rings. The molecule has 82 valence electrons. The average Bonchev–Trinajstić information content (AvgIpc) is 2.16. The van der Waals surface area contributed by atoms with E-state index in [9.17, 15) is 18.9 Å². The summed E-state index contributed by atoms with van der Waals surface area (Å²) in [7, 11) is 0. The van der Waals surface area contributed by atoms with Gasteiger partial charge in [-0.25, -0.2) is 13.8 Å². The molecule has 0 bridgehead atoms. The average molecular weight is 219 g/mol. The maximum absolute atomic E-state index is 12.3. The van der Waals surface area contributed by atoms with Crippen LogP contribution in [-0.4, -0.2) is 15.0 Å². The Hall–Kier alpha value is -1.83. The van der Waals surface area contributed by atoms with Gasteiger partial charge in [-0.05, 0) is 0 Å². The second-order valence-corrected chi connectivity index (χ2v) is 2.64.